The van der Waals surface area contributed by atoms with Crippen LogP contribution in [0.5, 0.6) is 0 Å². The first kappa shape index (κ1) is 17.3. The smallest absolute Gasteiger partial charge is 0.277 e. The molecule has 2 N–H and O–H groups in total. The number of aromatic amines is 1. The van der Waals surface area contributed by atoms with Crippen molar-refractivity contribution in [1.82, 2.24) is 19.6 Å². The predicted octanol–water partition coefficient (Wildman–Crippen LogP) is 3.01. The summed E-state index contributed by atoms with van der Waals surface area (Å²) in [6.07, 6.45) is 1.81. The van der Waals surface area contributed by atoms with Crippen molar-refractivity contribution in [1.29, 1.82) is 0 Å². The van der Waals surface area contributed by atoms with Crippen molar-refractivity contribution in [3.05, 3.63) is 56.9 Å². The summed E-state index contributed by atoms with van der Waals surface area (Å²) in [5.74, 6) is 0.830. The Hall–Kier alpha value is -3.13. The van der Waals surface area contributed by atoms with Crippen molar-refractivity contribution in [2.45, 2.75) is 26.7 Å². The van der Waals surface area contributed by atoms with Gasteiger partial charge in [0.15, 0.2) is 5.58 Å². The van der Waals surface area contributed by atoms with Gasteiger partial charge in [0.2, 0.25) is 5.91 Å². The number of benzene rings is 1. The summed E-state index contributed by atoms with van der Waals surface area (Å²) in [5, 5.41) is 6.77. The lowest BCUT2D eigenvalue weighted by Gasteiger charge is -2.07. The molecular weight excluding hydrogens is 370 g/mol. The fraction of sp³-hybridized carbons (Fsp3) is 0.222. The van der Waals surface area contributed by atoms with Crippen LogP contribution in [0.25, 0.3) is 16.7 Å². The molecule has 0 aliphatic carbocycles. The highest BCUT2D eigenvalue weighted by Crippen LogP contribution is 2.30. The van der Waals surface area contributed by atoms with Crippen LogP contribution in [-0.4, -0.2) is 25.5 Å². The number of anilines is 1. The van der Waals surface area contributed by atoms with Gasteiger partial charge in [0, 0.05) is 23.1 Å². The van der Waals surface area contributed by atoms with Crippen LogP contribution in [0.15, 0.2) is 33.7 Å². The van der Waals surface area contributed by atoms with Crippen molar-refractivity contribution in [3.63, 3.8) is 0 Å². The summed E-state index contributed by atoms with van der Waals surface area (Å²) in [5.41, 5.74) is 1.97. The Morgan fingerprint density at radius 2 is 2.15 bits per heavy atom. The molecule has 0 aliphatic heterocycles. The molecule has 9 heteroatoms. The summed E-state index contributed by atoms with van der Waals surface area (Å²) in [6, 6.07) is 5.30. The van der Waals surface area contributed by atoms with Gasteiger partial charge >= 0.3 is 0 Å². The highest BCUT2D eigenvalue weighted by Gasteiger charge is 2.14. The van der Waals surface area contributed by atoms with Crippen molar-refractivity contribution in [3.8, 4) is 0 Å². The standard InChI is InChI=1S/C18H16ClN5O3/c1-9-5-11-6-12(7-14(19)16(11)27-9)23-15(25)4-3-13-10(2)22-18-20-8-21-24(18)17(13)26/h5-8H,3-4H2,1-2H3,(H,23,25)(H,20,21,22). The van der Waals surface area contributed by atoms with E-state index in [1.807, 2.05) is 13.0 Å². The third-order valence-electron chi connectivity index (χ3n) is 4.31. The molecule has 4 aromatic rings. The topological polar surface area (TPSA) is 105 Å². The van der Waals surface area contributed by atoms with E-state index in [1.54, 1.807) is 19.1 Å². The molecule has 0 bridgehead atoms. The molecule has 4 rings (SSSR count). The molecule has 0 saturated carbocycles. The van der Waals surface area contributed by atoms with Gasteiger partial charge in [0.1, 0.15) is 12.1 Å². The molecule has 27 heavy (non-hydrogen) atoms. The average molecular weight is 386 g/mol. The van der Waals surface area contributed by atoms with E-state index < -0.39 is 0 Å². The Morgan fingerprint density at radius 1 is 1.33 bits per heavy atom. The van der Waals surface area contributed by atoms with Crippen molar-refractivity contribution < 1.29 is 9.21 Å². The molecule has 0 saturated heterocycles. The van der Waals surface area contributed by atoms with E-state index in [9.17, 15) is 9.59 Å². The maximum atomic E-state index is 12.5. The van der Waals surface area contributed by atoms with Crippen molar-refractivity contribution in [2.24, 2.45) is 0 Å². The van der Waals surface area contributed by atoms with E-state index in [0.29, 0.717) is 33.3 Å². The number of nitrogens with zero attached hydrogens (tertiary/aromatic N) is 3. The zero-order chi connectivity index (χ0) is 19.1. The van der Waals surface area contributed by atoms with Crippen LogP contribution in [0.3, 0.4) is 0 Å². The van der Waals surface area contributed by atoms with Gasteiger partial charge < -0.3 is 9.73 Å². The highest BCUT2D eigenvalue weighted by atomic mass is 35.5. The lowest BCUT2D eigenvalue weighted by molar-refractivity contribution is -0.116. The predicted molar refractivity (Wildman–Crippen MR) is 101 cm³/mol. The van der Waals surface area contributed by atoms with Crippen LogP contribution in [0.1, 0.15) is 23.4 Å². The molecule has 0 radical (unpaired) electrons. The van der Waals surface area contributed by atoms with Gasteiger partial charge in [-0.3, -0.25) is 14.7 Å². The minimum atomic E-state index is -0.249. The third kappa shape index (κ3) is 3.19. The number of halogens is 1. The van der Waals surface area contributed by atoms with Crippen molar-refractivity contribution >= 4 is 39.9 Å². The Balaban J connectivity index is 1.51. The SMILES string of the molecule is Cc1cc2cc(NC(=O)CCc3c(C)nc4nc[nH]n4c3=O)cc(Cl)c2o1. The van der Waals surface area contributed by atoms with Gasteiger partial charge in [-0.2, -0.15) is 4.52 Å². The second-order valence-electron chi connectivity index (χ2n) is 6.29. The maximum Gasteiger partial charge on any atom is 0.277 e. The normalized spacial score (nSPS) is 11.4. The Bertz CT molecular complexity index is 1240. The van der Waals surface area contributed by atoms with Crippen LogP contribution < -0.4 is 10.9 Å². The second kappa shape index (κ2) is 6.55. The molecule has 0 unspecified atom stereocenters. The molecule has 8 nitrogen and oxygen atoms in total. The minimum absolute atomic E-state index is 0.137. The molecule has 0 aliphatic rings. The summed E-state index contributed by atoms with van der Waals surface area (Å²) < 4.78 is 6.78. The van der Waals surface area contributed by atoms with E-state index in [-0.39, 0.29) is 24.3 Å². The van der Waals surface area contributed by atoms with E-state index >= 15 is 0 Å². The summed E-state index contributed by atoms with van der Waals surface area (Å²) in [7, 11) is 0. The first-order chi connectivity index (χ1) is 12.9. The van der Waals surface area contributed by atoms with Crippen LogP contribution in [-0.2, 0) is 11.2 Å². The summed E-state index contributed by atoms with van der Waals surface area (Å²) in [6.45, 7) is 3.57. The van der Waals surface area contributed by atoms with E-state index in [4.69, 9.17) is 16.0 Å². The number of fused-ring (bicyclic) bond motifs is 2. The molecule has 3 aromatic heterocycles. The van der Waals surface area contributed by atoms with Crippen LogP contribution >= 0.6 is 11.6 Å². The molecule has 1 aromatic carbocycles. The quantitative estimate of drug-likeness (QED) is 0.561. The number of carbonyl (C=O) groups is 1. The number of amides is 1. The number of hydrogen-bond acceptors (Lipinski definition) is 5. The van der Waals surface area contributed by atoms with Gasteiger partial charge in [-0.15, -0.1) is 0 Å². The maximum absolute atomic E-state index is 12.5. The van der Waals surface area contributed by atoms with Crippen molar-refractivity contribution in [2.75, 3.05) is 5.32 Å². The fourth-order valence-corrected chi connectivity index (χ4v) is 3.32. The first-order valence-corrected chi connectivity index (χ1v) is 8.71. The van der Waals surface area contributed by atoms with Gasteiger partial charge in [-0.05, 0) is 38.5 Å². The molecule has 0 atom stereocenters. The Labute approximate surface area is 158 Å². The number of H-pyrrole nitrogens is 1. The molecule has 1 amide bonds. The zero-order valence-electron chi connectivity index (χ0n) is 14.7. The Kier molecular flexibility index (Phi) is 4.19. The number of hydrogen-bond donors (Lipinski definition) is 2. The van der Waals surface area contributed by atoms with Crippen LogP contribution in [0.2, 0.25) is 5.02 Å². The first-order valence-electron chi connectivity index (χ1n) is 8.33. The van der Waals surface area contributed by atoms with Crippen LogP contribution in [0.4, 0.5) is 5.69 Å². The largest absolute Gasteiger partial charge is 0.460 e. The zero-order valence-corrected chi connectivity index (χ0v) is 15.4. The van der Waals surface area contributed by atoms with Crippen LogP contribution in [0, 0.1) is 13.8 Å². The number of carbonyl (C=O) groups excluding carboxylic acids is 1. The lowest BCUT2D eigenvalue weighted by atomic mass is 10.1. The van der Waals surface area contributed by atoms with Gasteiger partial charge in [0.05, 0.1) is 10.7 Å². The molecular formula is C18H16ClN5O3. The molecule has 0 fully saturated rings. The van der Waals surface area contributed by atoms with Gasteiger partial charge in [-0.25, -0.2) is 9.97 Å². The Morgan fingerprint density at radius 3 is 2.96 bits per heavy atom. The van der Waals surface area contributed by atoms with E-state index in [1.165, 1.54) is 10.8 Å². The monoisotopic (exact) mass is 385 g/mol. The van der Waals surface area contributed by atoms with Gasteiger partial charge in [-0.1, -0.05) is 11.6 Å². The summed E-state index contributed by atoms with van der Waals surface area (Å²) in [4.78, 5) is 33.0. The van der Waals surface area contributed by atoms with E-state index in [2.05, 4.69) is 20.4 Å². The molecule has 3 heterocycles. The molecule has 138 valence electrons. The van der Waals surface area contributed by atoms with E-state index in [0.717, 1.165) is 11.1 Å². The number of nitrogens with one attached hydrogen (secondary N) is 2. The number of rotatable bonds is 4. The minimum Gasteiger partial charge on any atom is -0.460 e. The van der Waals surface area contributed by atoms with Gasteiger partial charge in [0.25, 0.3) is 11.3 Å². The number of furan rings is 1. The number of aromatic nitrogens is 4. The highest BCUT2D eigenvalue weighted by molar-refractivity contribution is 6.35. The summed E-state index contributed by atoms with van der Waals surface area (Å²) >= 11 is 6.21. The average Bonchev–Trinajstić information content (AvgIpc) is 3.20. The second-order valence-corrected chi connectivity index (χ2v) is 6.69. The number of aryl methyl sites for hydroxylation is 2. The third-order valence-corrected chi connectivity index (χ3v) is 4.59. The fourth-order valence-electron chi connectivity index (χ4n) is 3.06. The molecule has 0 spiro atoms. The lowest BCUT2D eigenvalue weighted by Crippen LogP contribution is -2.23.